The highest BCUT2D eigenvalue weighted by molar-refractivity contribution is 7.99. The van der Waals surface area contributed by atoms with Crippen molar-refractivity contribution in [3.05, 3.63) is 48.5 Å². The Morgan fingerprint density at radius 1 is 1.28 bits per heavy atom. The molecule has 0 fully saturated rings. The summed E-state index contributed by atoms with van der Waals surface area (Å²) in [6.45, 7) is 5.10. The van der Waals surface area contributed by atoms with Gasteiger partial charge in [-0.25, -0.2) is 4.98 Å². The van der Waals surface area contributed by atoms with E-state index in [2.05, 4.69) is 46.1 Å². The van der Waals surface area contributed by atoms with Crippen molar-refractivity contribution in [1.29, 1.82) is 0 Å². The van der Waals surface area contributed by atoms with Gasteiger partial charge in [0.2, 0.25) is 0 Å². The van der Waals surface area contributed by atoms with Gasteiger partial charge in [-0.2, -0.15) is 0 Å². The lowest BCUT2D eigenvalue weighted by Crippen LogP contribution is -2.11. The summed E-state index contributed by atoms with van der Waals surface area (Å²) in [4.78, 5) is 5.36. The van der Waals surface area contributed by atoms with Gasteiger partial charge in [0.05, 0.1) is 6.33 Å². The van der Waals surface area contributed by atoms with Gasteiger partial charge < -0.3 is 9.88 Å². The van der Waals surface area contributed by atoms with Crippen LogP contribution < -0.4 is 5.32 Å². The van der Waals surface area contributed by atoms with Crippen LogP contribution in [0.15, 0.2) is 47.9 Å². The molecule has 1 N–H and O–H groups in total. The molecule has 0 amide bonds. The molecule has 3 nitrogen and oxygen atoms in total. The number of thioether (sulfide) groups is 1. The molecule has 2 aromatic rings. The van der Waals surface area contributed by atoms with E-state index in [0.717, 1.165) is 25.4 Å². The first-order valence-electron chi connectivity index (χ1n) is 6.26. The molecule has 18 heavy (non-hydrogen) atoms. The average molecular weight is 261 g/mol. The molecule has 96 valence electrons. The third kappa shape index (κ3) is 4.20. The maximum Gasteiger partial charge on any atom is 0.0946 e. The Morgan fingerprint density at radius 3 is 2.78 bits per heavy atom. The summed E-state index contributed by atoms with van der Waals surface area (Å²) in [5, 5.41) is 3.33. The Morgan fingerprint density at radius 2 is 2.11 bits per heavy atom. The zero-order chi connectivity index (χ0) is 12.6. The maximum atomic E-state index is 4.03. The fourth-order valence-electron chi connectivity index (χ4n) is 1.66. The number of nitrogens with zero attached hydrogens (tertiary/aromatic N) is 2. The molecule has 0 spiro atoms. The summed E-state index contributed by atoms with van der Waals surface area (Å²) < 4.78 is 2.10. The van der Waals surface area contributed by atoms with Crippen LogP contribution >= 0.6 is 11.8 Å². The van der Waals surface area contributed by atoms with Gasteiger partial charge in [-0.15, -0.1) is 11.8 Å². The number of aromatic nitrogens is 2. The molecule has 0 bridgehead atoms. The molecule has 0 unspecified atom stereocenters. The van der Waals surface area contributed by atoms with E-state index in [1.807, 2.05) is 30.5 Å². The van der Waals surface area contributed by atoms with Gasteiger partial charge in [-0.05, 0) is 24.2 Å². The summed E-state index contributed by atoms with van der Waals surface area (Å²) in [6.07, 6.45) is 5.68. The highest BCUT2D eigenvalue weighted by atomic mass is 32.2. The lowest BCUT2D eigenvalue weighted by atomic mass is 10.2. The molecular weight excluding hydrogens is 242 g/mol. The quantitative estimate of drug-likeness (QED) is 0.777. The Labute approximate surface area is 113 Å². The van der Waals surface area contributed by atoms with E-state index in [9.17, 15) is 0 Å². The van der Waals surface area contributed by atoms with Gasteiger partial charge >= 0.3 is 0 Å². The second kappa shape index (κ2) is 7.24. The zero-order valence-corrected chi connectivity index (χ0v) is 11.5. The first-order valence-corrected chi connectivity index (χ1v) is 7.25. The molecule has 0 saturated heterocycles. The highest BCUT2D eigenvalue weighted by Crippen LogP contribution is 2.18. The van der Waals surface area contributed by atoms with Crippen LogP contribution in [-0.4, -0.2) is 21.8 Å². The van der Waals surface area contributed by atoms with Crippen LogP contribution in [0.1, 0.15) is 12.5 Å². The van der Waals surface area contributed by atoms with Crippen LogP contribution in [-0.2, 0) is 13.1 Å². The summed E-state index contributed by atoms with van der Waals surface area (Å²) in [6, 6.07) is 8.79. The fraction of sp³-hybridized carbons (Fsp3) is 0.357. The Hall–Kier alpha value is -1.26. The molecule has 0 atom stereocenters. The minimum absolute atomic E-state index is 0.955. The van der Waals surface area contributed by atoms with Crippen LogP contribution in [0.5, 0.6) is 0 Å². The van der Waals surface area contributed by atoms with E-state index < -0.39 is 0 Å². The van der Waals surface area contributed by atoms with Crippen LogP contribution in [0.3, 0.4) is 0 Å². The van der Waals surface area contributed by atoms with Crippen LogP contribution in [0.25, 0.3) is 0 Å². The molecule has 0 saturated carbocycles. The molecule has 0 aliphatic carbocycles. The minimum atomic E-state index is 0.955. The van der Waals surface area contributed by atoms with Gasteiger partial charge in [-0.3, -0.25) is 0 Å². The van der Waals surface area contributed by atoms with Gasteiger partial charge in [0, 0.05) is 36.1 Å². The molecule has 2 rings (SSSR count). The molecule has 1 aromatic heterocycles. The van der Waals surface area contributed by atoms with E-state index in [1.165, 1.54) is 10.5 Å². The van der Waals surface area contributed by atoms with Gasteiger partial charge in [0.25, 0.3) is 0 Å². The predicted molar refractivity (Wildman–Crippen MR) is 76.8 cm³/mol. The van der Waals surface area contributed by atoms with Crippen molar-refractivity contribution in [3.8, 4) is 0 Å². The topological polar surface area (TPSA) is 29.9 Å². The van der Waals surface area contributed by atoms with Crippen molar-refractivity contribution in [2.45, 2.75) is 24.9 Å². The van der Waals surface area contributed by atoms with Crippen LogP contribution in [0, 0.1) is 0 Å². The number of hydrogen-bond donors (Lipinski definition) is 1. The Balaban J connectivity index is 1.75. The van der Waals surface area contributed by atoms with E-state index in [-0.39, 0.29) is 0 Å². The van der Waals surface area contributed by atoms with Crippen molar-refractivity contribution in [2.24, 2.45) is 0 Å². The normalized spacial score (nSPS) is 10.7. The molecule has 1 heterocycles. The highest BCUT2D eigenvalue weighted by Gasteiger charge is 1.96. The average Bonchev–Trinajstić information content (AvgIpc) is 2.91. The van der Waals surface area contributed by atoms with Gasteiger partial charge in [0.15, 0.2) is 0 Å². The lowest BCUT2D eigenvalue weighted by Gasteiger charge is -2.05. The molecule has 0 aliphatic heterocycles. The first kappa shape index (κ1) is 13.2. The fourth-order valence-corrected chi connectivity index (χ4v) is 2.53. The lowest BCUT2D eigenvalue weighted by molar-refractivity contribution is 0.726. The first-order chi connectivity index (χ1) is 8.88. The monoisotopic (exact) mass is 261 g/mol. The number of aryl methyl sites for hydroxylation is 1. The third-order valence-corrected chi connectivity index (χ3v) is 3.67. The summed E-state index contributed by atoms with van der Waals surface area (Å²) >= 11 is 1.88. The van der Waals surface area contributed by atoms with Crippen molar-refractivity contribution in [1.82, 2.24) is 14.9 Å². The molecule has 1 aromatic carbocycles. The SMILES string of the molecule is CCNCc1ccc(SCCn2ccnc2)cc1. The van der Waals surface area contributed by atoms with E-state index in [1.54, 1.807) is 0 Å². The molecule has 0 aliphatic rings. The number of hydrogen-bond acceptors (Lipinski definition) is 3. The van der Waals surface area contributed by atoms with Crippen molar-refractivity contribution < 1.29 is 0 Å². The van der Waals surface area contributed by atoms with Crippen molar-refractivity contribution >= 4 is 11.8 Å². The molecule has 0 radical (unpaired) electrons. The third-order valence-electron chi connectivity index (χ3n) is 2.68. The predicted octanol–water partition coefficient (Wildman–Crippen LogP) is 2.78. The maximum absolute atomic E-state index is 4.03. The summed E-state index contributed by atoms with van der Waals surface area (Å²) in [5.74, 6) is 1.07. The largest absolute Gasteiger partial charge is 0.337 e. The standard InChI is InChI=1S/C14H19N3S/c1-2-15-11-13-3-5-14(6-4-13)18-10-9-17-8-7-16-12-17/h3-8,12,15H,2,9-11H2,1H3. The smallest absolute Gasteiger partial charge is 0.0946 e. The van der Waals surface area contributed by atoms with Crippen molar-refractivity contribution in [3.63, 3.8) is 0 Å². The van der Waals surface area contributed by atoms with E-state index in [4.69, 9.17) is 0 Å². The van der Waals surface area contributed by atoms with Gasteiger partial charge in [-0.1, -0.05) is 19.1 Å². The Kier molecular flexibility index (Phi) is 5.30. The van der Waals surface area contributed by atoms with Crippen LogP contribution in [0.2, 0.25) is 0 Å². The molecule has 4 heteroatoms. The van der Waals surface area contributed by atoms with Crippen molar-refractivity contribution in [2.75, 3.05) is 12.3 Å². The number of benzene rings is 1. The molecular formula is C14H19N3S. The summed E-state index contributed by atoms with van der Waals surface area (Å²) in [7, 11) is 0. The second-order valence-electron chi connectivity index (χ2n) is 4.07. The summed E-state index contributed by atoms with van der Waals surface area (Å²) in [5.41, 5.74) is 1.34. The number of nitrogens with one attached hydrogen (secondary N) is 1. The van der Waals surface area contributed by atoms with E-state index >= 15 is 0 Å². The minimum Gasteiger partial charge on any atom is -0.337 e. The number of rotatable bonds is 7. The van der Waals surface area contributed by atoms with E-state index in [0.29, 0.717) is 0 Å². The Bertz CT molecular complexity index is 437. The number of imidazole rings is 1. The van der Waals surface area contributed by atoms with Gasteiger partial charge in [0.1, 0.15) is 0 Å². The zero-order valence-electron chi connectivity index (χ0n) is 10.7. The van der Waals surface area contributed by atoms with Crippen LogP contribution in [0.4, 0.5) is 0 Å². The second-order valence-corrected chi connectivity index (χ2v) is 5.24.